The second-order valence-electron chi connectivity index (χ2n) is 4.58. The van der Waals surface area contributed by atoms with Gasteiger partial charge in [-0.3, -0.25) is 0 Å². The van der Waals surface area contributed by atoms with Crippen LogP contribution in [0.1, 0.15) is 25.8 Å². The van der Waals surface area contributed by atoms with Gasteiger partial charge in [-0.05, 0) is 37.6 Å². The van der Waals surface area contributed by atoms with Crippen molar-refractivity contribution in [3.63, 3.8) is 0 Å². The molecule has 20 heavy (non-hydrogen) atoms. The number of benzene rings is 1. The lowest BCUT2D eigenvalue weighted by molar-refractivity contribution is -0.119. The third kappa shape index (κ3) is 5.71. The number of nitrogens with one attached hydrogen (secondary N) is 1. The Labute approximate surface area is 126 Å². The largest absolute Gasteiger partial charge is 0.405 e. The molecule has 0 aliphatic carbocycles. The molecule has 0 aliphatic rings. The van der Waals surface area contributed by atoms with Gasteiger partial charge in [0.05, 0.1) is 0 Å². The first kappa shape index (κ1) is 17.3. The molecule has 0 saturated heterocycles. The van der Waals surface area contributed by atoms with Crippen LogP contribution in [0.3, 0.4) is 0 Å². The lowest BCUT2D eigenvalue weighted by Gasteiger charge is -2.25. The van der Waals surface area contributed by atoms with E-state index < -0.39 is 12.7 Å². The maximum Gasteiger partial charge on any atom is 0.405 e. The van der Waals surface area contributed by atoms with Gasteiger partial charge in [0.25, 0.3) is 0 Å². The molecule has 2 nitrogen and oxygen atoms in total. The highest BCUT2D eigenvalue weighted by molar-refractivity contribution is 9.10. The normalized spacial score (nSPS) is 11.7. The smallest absolute Gasteiger partial charge is 0.363 e. The van der Waals surface area contributed by atoms with E-state index >= 15 is 0 Å². The minimum absolute atomic E-state index is 0.319. The predicted octanol–water partition coefficient (Wildman–Crippen LogP) is 4.34. The minimum atomic E-state index is -4.19. The Kier molecular flexibility index (Phi) is 6.82. The van der Waals surface area contributed by atoms with Gasteiger partial charge in [-0.15, -0.1) is 0 Å². The van der Waals surface area contributed by atoms with E-state index in [1.165, 1.54) is 4.90 Å². The Bertz CT molecular complexity index is 421. The van der Waals surface area contributed by atoms with E-state index in [0.29, 0.717) is 18.8 Å². The van der Waals surface area contributed by atoms with E-state index in [2.05, 4.69) is 28.2 Å². The van der Waals surface area contributed by atoms with Gasteiger partial charge in [-0.2, -0.15) is 13.2 Å². The van der Waals surface area contributed by atoms with Crippen LogP contribution in [0.2, 0.25) is 0 Å². The minimum Gasteiger partial charge on any atom is -0.363 e. The summed E-state index contributed by atoms with van der Waals surface area (Å²) < 4.78 is 38.3. The van der Waals surface area contributed by atoms with Crippen LogP contribution >= 0.6 is 15.9 Å². The number of nitrogens with zero attached hydrogens (tertiary/aromatic N) is 1. The third-order valence-electron chi connectivity index (χ3n) is 2.90. The highest BCUT2D eigenvalue weighted by Gasteiger charge is 2.30. The van der Waals surface area contributed by atoms with E-state index in [1.807, 2.05) is 6.07 Å². The molecule has 1 N–H and O–H groups in total. The molecule has 0 saturated carbocycles. The van der Waals surface area contributed by atoms with Gasteiger partial charge in [-0.25, -0.2) is 0 Å². The van der Waals surface area contributed by atoms with Crippen molar-refractivity contribution >= 4 is 21.6 Å². The van der Waals surface area contributed by atoms with Gasteiger partial charge in [0.1, 0.15) is 6.54 Å². The van der Waals surface area contributed by atoms with E-state index in [-0.39, 0.29) is 0 Å². The van der Waals surface area contributed by atoms with E-state index in [9.17, 15) is 13.2 Å². The van der Waals surface area contributed by atoms with E-state index in [4.69, 9.17) is 0 Å². The monoisotopic (exact) mass is 352 g/mol. The van der Waals surface area contributed by atoms with Crippen LogP contribution in [0, 0.1) is 0 Å². The van der Waals surface area contributed by atoms with Crippen molar-refractivity contribution in [1.82, 2.24) is 5.32 Å². The number of hydrogen-bond acceptors (Lipinski definition) is 2. The number of alkyl halides is 3. The van der Waals surface area contributed by atoms with Crippen LogP contribution < -0.4 is 10.2 Å². The Morgan fingerprint density at radius 1 is 1.25 bits per heavy atom. The van der Waals surface area contributed by atoms with Crippen molar-refractivity contribution in [2.45, 2.75) is 33.0 Å². The standard InChI is InChI=1S/C14H20BrF3N2/c1-3-7-19-9-11-5-6-12(8-13(11)15)20(4-2)10-14(16,17)18/h5-6,8,19H,3-4,7,9-10H2,1-2H3. The van der Waals surface area contributed by atoms with Gasteiger partial charge in [0.2, 0.25) is 0 Å². The molecular formula is C14H20BrF3N2. The van der Waals surface area contributed by atoms with E-state index in [1.54, 1.807) is 19.1 Å². The van der Waals surface area contributed by atoms with Crippen molar-refractivity contribution in [2.24, 2.45) is 0 Å². The van der Waals surface area contributed by atoms with Crippen molar-refractivity contribution in [3.8, 4) is 0 Å². The van der Waals surface area contributed by atoms with Gasteiger partial charge >= 0.3 is 6.18 Å². The first-order valence-corrected chi connectivity index (χ1v) is 7.47. The number of anilines is 1. The fourth-order valence-corrected chi connectivity index (χ4v) is 2.39. The summed E-state index contributed by atoms with van der Waals surface area (Å²) in [5.41, 5.74) is 1.63. The molecule has 114 valence electrons. The van der Waals surface area contributed by atoms with Crippen LogP contribution in [-0.4, -0.2) is 25.8 Å². The summed E-state index contributed by atoms with van der Waals surface area (Å²) in [5.74, 6) is 0. The Morgan fingerprint density at radius 3 is 2.45 bits per heavy atom. The van der Waals surface area contributed by atoms with Gasteiger partial charge < -0.3 is 10.2 Å². The van der Waals surface area contributed by atoms with Gasteiger partial charge in [0, 0.05) is 23.2 Å². The van der Waals surface area contributed by atoms with Crippen molar-refractivity contribution in [1.29, 1.82) is 0 Å². The average Bonchev–Trinajstić information content (AvgIpc) is 2.37. The third-order valence-corrected chi connectivity index (χ3v) is 3.63. The molecule has 0 aliphatic heterocycles. The Balaban J connectivity index is 2.78. The second-order valence-corrected chi connectivity index (χ2v) is 5.44. The summed E-state index contributed by atoms with van der Waals surface area (Å²) in [5, 5.41) is 3.27. The lowest BCUT2D eigenvalue weighted by atomic mass is 10.2. The summed E-state index contributed by atoms with van der Waals surface area (Å²) in [4.78, 5) is 1.31. The molecule has 0 bridgehead atoms. The van der Waals surface area contributed by atoms with Crippen LogP contribution in [0.5, 0.6) is 0 Å². The first-order valence-electron chi connectivity index (χ1n) is 6.68. The molecule has 0 aromatic heterocycles. The molecule has 0 fully saturated rings. The van der Waals surface area contributed by atoms with Crippen LogP contribution in [0.15, 0.2) is 22.7 Å². The van der Waals surface area contributed by atoms with E-state index in [0.717, 1.165) is 23.0 Å². The molecule has 0 heterocycles. The molecule has 0 radical (unpaired) electrons. The van der Waals surface area contributed by atoms with Crippen LogP contribution in [0.4, 0.5) is 18.9 Å². The fourth-order valence-electron chi connectivity index (χ4n) is 1.88. The average molecular weight is 353 g/mol. The van der Waals surface area contributed by atoms with Crippen molar-refractivity contribution < 1.29 is 13.2 Å². The topological polar surface area (TPSA) is 15.3 Å². The zero-order chi connectivity index (χ0) is 15.2. The molecule has 6 heteroatoms. The lowest BCUT2D eigenvalue weighted by Crippen LogP contribution is -2.34. The summed E-state index contributed by atoms with van der Waals surface area (Å²) in [6.07, 6.45) is -3.14. The molecule has 1 rings (SSSR count). The van der Waals surface area contributed by atoms with Gasteiger partial charge in [0.15, 0.2) is 0 Å². The SMILES string of the molecule is CCCNCc1ccc(N(CC)CC(F)(F)F)cc1Br. The summed E-state index contributed by atoms with van der Waals surface area (Å²) in [7, 11) is 0. The molecule has 1 aromatic carbocycles. The maximum absolute atomic E-state index is 12.5. The van der Waals surface area contributed by atoms with Crippen molar-refractivity contribution in [3.05, 3.63) is 28.2 Å². The zero-order valence-electron chi connectivity index (χ0n) is 11.7. The Morgan fingerprint density at radius 2 is 1.95 bits per heavy atom. The zero-order valence-corrected chi connectivity index (χ0v) is 13.3. The molecule has 0 atom stereocenters. The highest BCUT2D eigenvalue weighted by Crippen LogP contribution is 2.27. The quantitative estimate of drug-likeness (QED) is 0.734. The first-order chi connectivity index (χ1) is 9.37. The highest BCUT2D eigenvalue weighted by atomic mass is 79.9. The summed E-state index contributed by atoms with van der Waals surface area (Å²) in [6, 6.07) is 5.35. The maximum atomic E-state index is 12.5. The molecule has 0 unspecified atom stereocenters. The van der Waals surface area contributed by atoms with Crippen LogP contribution in [-0.2, 0) is 6.54 Å². The Hall–Kier alpha value is -0.750. The predicted molar refractivity (Wildman–Crippen MR) is 80.1 cm³/mol. The summed E-state index contributed by atoms with van der Waals surface area (Å²) >= 11 is 3.43. The van der Waals surface area contributed by atoms with Crippen LogP contribution in [0.25, 0.3) is 0 Å². The van der Waals surface area contributed by atoms with Gasteiger partial charge in [-0.1, -0.05) is 28.9 Å². The molecular weight excluding hydrogens is 333 g/mol. The number of hydrogen-bond donors (Lipinski definition) is 1. The molecule has 0 amide bonds. The van der Waals surface area contributed by atoms with Crippen molar-refractivity contribution in [2.75, 3.05) is 24.5 Å². The molecule has 0 spiro atoms. The fraction of sp³-hybridized carbons (Fsp3) is 0.571. The summed E-state index contributed by atoms with van der Waals surface area (Å²) in [6.45, 7) is 4.82. The second kappa shape index (κ2) is 7.88. The molecule has 1 aromatic rings. The number of rotatable bonds is 7. The number of halogens is 4.